The summed E-state index contributed by atoms with van der Waals surface area (Å²) in [6.07, 6.45) is 2.20. The van der Waals surface area contributed by atoms with Crippen LogP contribution in [0.2, 0.25) is 0 Å². The van der Waals surface area contributed by atoms with Gasteiger partial charge < -0.3 is 33.7 Å². The van der Waals surface area contributed by atoms with E-state index >= 15 is 0 Å². The van der Waals surface area contributed by atoms with E-state index in [0.29, 0.717) is 44.4 Å². The van der Waals surface area contributed by atoms with Crippen LogP contribution < -0.4 is 9.47 Å². The average Bonchev–Trinajstić information content (AvgIpc) is 3.32. The Balaban J connectivity index is 1.28. The molecule has 0 radical (unpaired) electrons. The van der Waals surface area contributed by atoms with E-state index in [1.807, 2.05) is 23.1 Å². The third kappa shape index (κ3) is 6.41. The lowest BCUT2D eigenvalue weighted by atomic mass is 9.90. The van der Waals surface area contributed by atoms with Gasteiger partial charge in [-0.2, -0.15) is 0 Å². The zero-order valence-corrected chi connectivity index (χ0v) is 20.1. The number of benzene rings is 1. The van der Waals surface area contributed by atoms with Gasteiger partial charge in [-0.3, -0.25) is 9.69 Å². The van der Waals surface area contributed by atoms with Crippen molar-refractivity contribution in [2.24, 2.45) is 11.8 Å². The molecule has 9 nitrogen and oxygen atoms in total. The van der Waals surface area contributed by atoms with Crippen LogP contribution >= 0.6 is 0 Å². The number of rotatable bonds is 10. The van der Waals surface area contributed by atoms with Crippen molar-refractivity contribution < 1.29 is 33.6 Å². The molecule has 1 amide bonds. The Kier molecular flexibility index (Phi) is 8.66. The van der Waals surface area contributed by atoms with Gasteiger partial charge in [0.05, 0.1) is 26.4 Å². The van der Waals surface area contributed by atoms with E-state index < -0.39 is 6.29 Å². The number of ether oxygens (including phenoxy) is 5. The van der Waals surface area contributed by atoms with Gasteiger partial charge in [-0.25, -0.2) is 0 Å². The Bertz CT molecular complexity index is 852. The molecule has 3 aliphatic rings. The molecule has 3 aliphatic heterocycles. The van der Waals surface area contributed by atoms with E-state index in [0.717, 1.165) is 31.1 Å². The van der Waals surface area contributed by atoms with Crippen LogP contribution in [0, 0.1) is 11.8 Å². The molecule has 0 saturated carbocycles. The summed E-state index contributed by atoms with van der Waals surface area (Å²) in [5, 5.41) is 8.80. The fourth-order valence-electron chi connectivity index (χ4n) is 4.37. The number of aliphatic hydroxyl groups is 1. The summed E-state index contributed by atoms with van der Waals surface area (Å²) in [6, 6.07) is 6.04. The molecule has 0 aliphatic carbocycles. The molecule has 1 aromatic carbocycles. The van der Waals surface area contributed by atoms with E-state index in [1.165, 1.54) is 5.56 Å². The van der Waals surface area contributed by atoms with Crippen molar-refractivity contribution in [2.45, 2.75) is 33.1 Å². The highest BCUT2D eigenvalue weighted by molar-refractivity contribution is 5.91. The molecule has 0 aromatic heterocycles. The molecule has 0 unspecified atom stereocenters. The SMILES string of the molecule is CC(C)[C@@H]1C=C(C(=O)N2CCN(Cc3ccc4c(c3)OCO4)CC2)O[C@H](OCCOCCO)C1. The number of carbonyl (C=O) groups excluding carboxylic acids is 1. The first kappa shape index (κ1) is 24.8. The third-order valence-corrected chi connectivity index (χ3v) is 6.43. The lowest BCUT2D eigenvalue weighted by Gasteiger charge is -2.37. The molecule has 1 fully saturated rings. The van der Waals surface area contributed by atoms with Crippen molar-refractivity contribution in [3.63, 3.8) is 0 Å². The predicted octanol–water partition coefficient (Wildman–Crippen LogP) is 1.99. The van der Waals surface area contributed by atoms with E-state index in [-0.39, 0.29) is 31.8 Å². The van der Waals surface area contributed by atoms with Gasteiger partial charge >= 0.3 is 0 Å². The number of hydrogen-bond donors (Lipinski definition) is 1. The molecule has 3 heterocycles. The highest BCUT2D eigenvalue weighted by atomic mass is 16.7. The van der Waals surface area contributed by atoms with Crippen molar-refractivity contribution in [1.82, 2.24) is 9.80 Å². The minimum absolute atomic E-state index is 0.0132. The smallest absolute Gasteiger partial charge is 0.288 e. The summed E-state index contributed by atoms with van der Waals surface area (Å²) in [5.41, 5.74) is 1.17. The number of carbonyl (C=O) groups is 1. The minimum atomic E-state index is -0.471. The highest BCUT2D eigenvalue weighted by Gasteiger charge is 2.32. The van der Waals surface area contributed by atoms with Crippen molar-refractivity contribution in [3.05, 3.63) is 35.6 Å². The Morgan fingerprint density at radius 2 is 1.91 bits per heavy atom. The lowest BCUT2D eigenvalue weighted by molar-refractivity contribution is -0.161. The van der Waals surface area contributed by atoms with Crippen molar-refractivity contribution >= 4 is 5.91 Å². The summed E-state index contributed by atoms with van der Waals surface area (Å²) in [7, 11) is 0. The Hall–Kier alpha value is -2.33. The summed E-state index contributed by atoms with van der Waals surface area (Å²) < 4.78 is 27.9. The first-order valence-corrected chi connectivity index (χ1v) is 12.1. The first-order valence-electron chi connectivity index (χ1n) is 12.1. The number of allylic oxidation sites excluding steroid dienone is 1. The van der Waals surface area contributed by atoms with E-state index in [4.69, 9.17) is 28.8 Å². The van der Waals surface area contributed by atoms with E-state index in [2.05, 4.69) is 24.8 Å². The molecule has 1 N–H and O–H groups in total. The average molecular weight is 477 g/mol. The van der Waals surface area contributed by atoms with Gasteiger partial charge in [-0.1, -0.05) is 19.9 Å². The molecular formula is C25H36N2O7. The largest absolute Gasteiger partial charge is 0.459 e. The number of nitrogens with zero attached hydrogens (tertiary/aromatic N) is 2. The van der Waals surface area contributed by atoms with Crippen LogP contribution in [0.3, 0.4) is 0 Å². The van der Waals surface area contributed by atoms with Gasteiger partial charge in [-0.05, 0) is 35.6 Å². The fourth-order valence-corrected chi connectivity index (χ4v) is 4.37. The zero-order valence-electron chi connectivity index (χ0n) is 20.1. The molecule has 1 aromatic rings. The summed E-state index contributed by atoms with van der Waals surface area (Å²) in [4.78, 5) is 17.5. The summed E-state index contributed by atoms with van der Waals surface area (Å²) >= 11 is 0. The summed E-state index contributed by atoms with van der Waals surface area (Å²) in [5.74, 6) is 2.49. The zero-order chi connectivity index (χ0) is 23.9. The van der Waals surface area contributed by atoms with Crippen molar-refractivity contribution in [1.29, 1.82) is 0 Å². The second kappa shape index (κ2) is 11.9. The Morgan fingerprint density at radius 3 is 2.68 bits per heavy atom. The molecule has 4 rings (SSSR count). The molecule has 0 spiro atoms. The van der Waals surface area contributed by atoms with Gasteiger partial charge in [-0.15, -0.1) is 0 Å². The van der Waals surface area contributed by atoms with E-state index in [9.17, 15) is 4.79 Å². The monoisotopic (exact) mass is 476 g/mol. The van der Waals surface area contributed by atoms with Gasteiger partial charge in [0.2, 0.25) is 13.1 Å². The molecule has 188 valence electrons. The minimum Gasteiger partial charge on any atom is -0.459 e. The first-order chi connectivity index (χ1) is 16.5. The second-order valence-corrected chi connectivity index (χ2v) is 9.18. The predicted molar refractivity (Wildman–Crippen MR) is 124 cm³/mol. The standard InChI is InChI=1S/C25H36N2O7/c1-18(2)20-14-23(34-24(15-20)31-12-11-30-10-9-28)25(29)27-7-5-26(6-8-27)16-19-3-4-21-22(13-19)33-17-32-21/h3-4,13-14,18,20,24,28H,5-12,15-17H2,1-2H3/t20-,24+/m1/s1. The van der Waals surface area contributed by atoms with Crippen LogP contribution in [-0.2, 0) is 25.5 Å². The number of aliphatic hydroxyl groups excluding tert-OH is 1. The normalized spacial score (nSPS) is 22.6. The third-order valence-electron chi connectivity index (χ3n) is 6.43. The van der Waals surface area contributed by atoms with Gasteiger partial charge in [0, 0.05) is 39.1 Å². The van der Waals surface area contributed by atoms with Crippen LogP contribution in [0.4, 0.5) is 0 Å². The second-order valence-electron chi connectivity index (χ2n) is 9.18. The maximum absolute atomic E-state index is 13.3. The topological polar surface area (TPSA) is 89.9 Å². The quantitative estimate of drug-likeness (QED) is 0.513. The number of amides is 1. The maximum atomic E-state index is 13.3. The highest BCUT2D eigenvalue weighted by Crippen LogP contribution is 2.33. The van der Waals surface area contributed by atoms with Gasteiger partial charge in [0.25, 0.3) is 5.91 Å². The molecule has 0 bridgehead atoms. The van der Waals surface area contributed by atoms with Gasteiger partial charge in [0.1, 0.15) is 0 Å². The Labute approximate surface area is 201 Å². The number of fused-ring (bicyclic) bond motifs is 1. The van der Waals surface area contributed by atoms with Gasteiger partial charge in [0.15, 0.2) is 17.3 Å². The van der Waals surface area contributed by atoms with E-state index in [1.54, 1.807) is 0 Å². The van der Waals surface area contributed by atoms with Crippen LogP contribution in [0.1, 0.15) is 25.8 Å². The molecule has 2 atom stereocenters. The van der Waals surface area contributed by atoms with Crippen LogP contribution in [-0.4, -0.2) is 86.5 Å². The maximum Gasteiger partial charge on any atom is 0.288 e. The molecular weight excluding hydrogens is 440 g/mol. The van der Waals surface area contributed by atoms with Crippen LogP contribution in [0.15, 0.2) is 30.0 Å². The van der Waals surface area contributed by atoms with Crippen LogP contribution in [0.25, 0.3) is 0 Å². The molecule has 9 heteroatoms. The van der Waals surface area contributed by atoms with Crippen molar-refractivity contribution in [3.8, 4) is 11.5 Å². The molecule has 34 heavy (non-hydrogen) atoms. The number of hydrogen-bond acceptors (Lipinski definition) is 8. The van der Waals surface area contributed by atoms with Crippen LogP contribution in [0.5, 0.6) is 11.5 Å². The lowest BCUT2D eigenvalue weighted by Crippen LogP contribution is -2.49. The number of piperazine rings is 1. The fraction of sp³-hybridized carbons (Fsp3) is 0.640. The summed E-state index contributed by atoms with van der Waals surface area (Å²) in [6.45, 7) is 9.27. The Morgan fingerprint density at radius 1 is 1.12 bits per heavy atom. The molecule has 1 saturated heterocycles. The van der Waals surface area contributed by atoms with Crippen molar-refractivity contribution in [2.75, 3.05) is 59.4 Å².